The summed E-state index contributed by atoms with van der Waals surface area (Å²) in [6, 6.07) is 0. The molecule has 0 spiro atoms. The molecule has 0 radical (unpaired) electrons. The van der Waals surface area contributed by atoms with Gasteiger partial charge in [0.05, 0.1) is 10.5 Å². The van der Waals surface area contributed by atoms with E-state index in [1.54, 1.807) is 0 Å². The number of alkyl halides is 1. The lowest BCUT2D eigenvalue weighted by molar-refractivity contribution is -0.116. The number of aryl methyl sites for hydroxylation is 2. The maximum absolute atomic E-state index is 11.8. The predicted octanol–water partition coefficient (Wildman–Crippen LogP) is 3.37. The van der Waals surface area contributed by atoms with Crippen LogP contribution in [0.5, 0.6) is 0 Å². The Balaban J connectivity index is 2.70. The zero-order valence-electron chi connectivity index (χ0n) is 10.0. The first-order chi connectivity index (χ1) is 7.45. The molecule has 1 aromatic heterocycles. The fourth-order valence-electron chi connectivity index (χ4n) is 1.29. The van der Waals surface area contributed by atoms with Gasteiger partial charge in [-0.1, -0.05) is 36.7 Å². The number of hydrogen-bond acceptors (Lipinski definition) is 3. The minimum Gasteiger partial charge on any atom is -0.301 e. The fourth-order valence-corrected chi connectivity index (χ4v) is 2.31. The van der Waals surface area contributed by atoms with E-state index in [1.807, 2.05) is 20.8 Å². The lowest BCUT2D eigenvalue weighted by Crippen LogP contribution is -2.26. The Morgan fingerprint density at radius 2 is 2.19 bits per heavy atom. The van der Waals surface area contributed by atoms with Crippen molar-refractivity contribution in [3.05, 3.63) is 10.6 Å². The molecule has 1 heterocycles. The number of halogens is 1. The number of amides is 1. The predicted molar refractivity (Wildman–Crippen MR) is 72.4 cm³/mol. The number of nitrogens with zero attached hydrogens (tertiary/aromatic N) is 1. The zero-order valence-corrected chi connectivity index (χ0v) is 12.4. The van der Waals surface area contributed by atoms with E-state index in [0.29, 0.717) is 5.13 Å². The van der Waals surface area contributed by atoms with Crippen LogP contribution in [0, 0.1) is 12.8 Å². The van der Waals surface area contributed by atoms with E-state index in [4.69, 9.17) is 0 Å². The topological polar surface area (TPSA) is 42.0 Å². The van der Waals surface area contributed by atoms with Crippen molar-refractivity contribution >= 4 is 38.3 Å². The third-order valence-corrected chi connectivity index (χ3v) is 4.70. The van der Waals surface area contributed by atoms with Gasteiger partial charge in [-0.2, -0.15) is 0 Å². The molecule has 5 heteroatoms. The molecule has 1 amide bonds. The minimum absolute atomic E-state index is 0.0218. The molecular weight excluding hydrogens is 288 g/mol. The quantitative estimate of drug-likeness (QED) is 0.867. The van der Waals surface area contributed by atoms with Crippen LogP contribution in [0.25, 0.3) is 0 Å². The van der Waals surface area contributed by atoms with E-state index >= 15 is 0 Å². The Bertz CT molecular complexity index is 376. The van der Waals surface area contributed by atoms with E-state index in [1.165, 1.54) is 16.2 Å². The van der Waals surface area contributed by atoms with Gasteiger partial charge in [0.1, 0.15) is 0 Å². The number of thiazole rings is 1. The second-order valence-electron chi connectivity index (χ2n) is 4.01. The number of nitrogens with one attached hydrogen (secondary N) is 1. The number of aromatic nitrogens is 1. The van der Waals surface area contributed by atoms with Crippen molar-refractivity contribution in [1.82, 2.24) is 4.98 Å². The smallest absolute Gasteiger partial charge is 0.240 e. The third kappa shape index (κ3) is 3.28. The van der Waals surface area contributed by atoms with Gasteiger partial charge in [0.2, 0.25) is 5.91 Å². The van der Waals surface area contributed by atoms with Crippen molar-refractivity contribution in [3.8, 4) is 0 Å². The summed E-state index contributed by atoms with van der Waals surface area (Å²) >= 11 is 4.90. The van der Waals surface area contributed by atoms with Crippen LogP contribution in [0.3, 0.4) is 0 Å². The summed E-state index contributed by atoms with van der Waals surface area (Å²) in [5, 5.41) is 3.54. The van der Waals surface area contributed by atoms with Gasteiger partial charge in [-0.3, -0.25) is 4.79 Å². The van der Waals surface area contributed by atoms with Crippen LogP contribution in [0.1, 0.15) is 31.3 Å². The molecule has 90 valence electrons. The lowest BCUT2D eigenvalue weighted by Gasteiger charge is -2.11. The van der Waals surface area contributed by atoms with Crippen LogP contribution in [0.4, 0.5) is 5.13 Å². The average Bonchev–Trinajstić information content (AvgIpc) is 2.57. The molecule has 16 heavy (non-hydrogen) atoms. The van der Waals surface area contributed by atoms with E-state index < -0.39 is 0 Å². The highest BCUT2D eigenvalue weighted by Gasteiger charge is 2.19. The van der Waals surface area contributed by atoms with E-state index in [-0.39, 0.29) is 16.7 Å². The molecule has 0 saturated heterocycles. The summed E-state index contributed by atoms with van der Waals surface area (Å²) in [7, 11) is 0. The van der Waals surface area contributed by atoms with Crippen LogP contribution in [0.15, 0.2) is 0 Å². The molecule has 0 fully saturated rings. The molecule has 1 N–H and O–H groups in total. The zero-order chi connectivity index (χ0) is 12.3. The summed E-state index contributed by atoms with van der Waals surface area (Å²) in [5.74, 6) is 0.248. The Hall–Kier alpha value is -0.420. The van der Waals surface area contributed by atoms with Crippen molar-refractivity contribution in [2.24, 2.45) is 5.92 Å². The molecule has 0 aromatic carbocycles. The van der Waals surface area contributed by atoms with E-state index in [2.05, 4.69) is 33.2 Å². The van der Waals surface area contributed by atoms with E-state index in [9.17, 15) is 4.79 Å². The normalized spacial score (nSPS) is 12.9. The molecule has 1 rings (SSSR count). The molecule has 0 aliphatic carbocycles. The van der Waals surface area contributed by atoms with Gasteiger partial charge in [0, 0.05) is 4.88 Å². The molecule has 1 atom stereocenters. The van der Waals surface area contributed by atoms with Gasteiger partial charge >= 0.3 is 0 Å². The van der Waals surface area contributed by atoms with Crippen molar-refractivity contribution < 1.29 is 4.79 Å². The summed E-state index contributed by atoms with van der Waals surface area (Å²) in [4.78, 5) is 17.2. The maximum Gasteiger partial charge on any atom is 0.240 e. The number of carbonyl (C=O) groups excluding carboxylic acids is 1. The van der Waals surface area contributed by atoms with Crippen molar-refractivity contribution in [2.45, 2.75) is 38.9 Å². The number of rotatable bonds is 4. The van der Waals surface area contributed by atoms with Crippen molar-refractivity contribution in [1.29, 1.82) is 0 Å². The molecule has 0 bridgehead atoms. The summed E-state index contributed by atoms with van der Waals surface area (Å²) < 4.78 is 0. The average molecular weight is 305 g/mol. The first kappa shape index (κ1) is 13.6. The standard InChI is InChI=1S/C11H17BrN2OS/c1-5-8-7(4)16-11(13-8)14-10(15)9(12)6(2)3/h6,9H,5H2,1-4H3,(H,13,14,15). The van der Waals surface area contributed by atoms with E-state index in [0.717, 1.165) is 12.1 Å². The second kappa shape index (κ2) is 5.77. The third-order valence-electron chi connectivity index (χ3n) is 2.29. The highest BCUT2D eigenvalue weighted by Crippen LogP contribution is 2.23. The van der Waals surface area contributed by atoms with Gasteiger partial charge in [-0.15, -0.1) is 11.3 Å². The monoisotopic (exact) mass is 304 g/mol. The number of anilines is 1. The Labute approximate surface area is 109 Å². The van der Waals surface area contributed by atoms with Gasteiger partial charge < -0.3 is 5.32 Å². The molecule has 3 nitrogen and oxygen atoms in total. The van der Waals surface area contributed by atoms with Crippen LogP contribution < -0.4 is 5.32 Å². The Morgan fingerprint density at radius 3 is 2.62 bits per heavy atom. The Kier molecular flexibility index (Phi) is 4.92. The molecule has 0 aliphatic rings. The van der Waals surface area contributed by atoms with Crippen LogP contribution in [-0.4, -0.2) is 15.7 Å². The summed E-state index contributed by atoms with van der Waals surface area (Å²) in [6.45, 7) is 8.10. The van der Waals surface area contributed by atoms with Gasteiger partial charge in [0.15, 0.2) is 5.13 Å². The van der Waals surface area contributed by atoms with Crippen LogP contribution >= 0.6 is 27.3 Å². The van der Waals surface area contributed by atoms with Gasteiger partial charge in [-0.05, 0) is 19.3 Å². The fraction of sp³-hybridized carbons (Fsp3) is 0.636. The SMILES string of the molecule is CCc1nc(NC(=O)C(Br)C(C)C)sc1C. The molecular formula is C11H17BrN2OS. The number of hydrogen-bond donors (Lipinski definition) is 1. The first-order valence-corrected chi connectivity index (χ1v) is 7.10. The number of carbonyl (C=O) groups is 1. The highest BCUT2D eigenvalue weighted by molar-refractivity contribution is 9.10. The lowest BCUT2D eigenvalue weighted by atomic mass is 10.1. The minimum atomic E-state index is -0.165. The maximum atomic E-state index is 11.8. The molecule has 1 unspecified atom stereocenters. The Morgan fingerprint density at radius 1 is 1.56 bits per heavy atom. The van der Waals surface area contributed by atoms with Crippen molar-refractivity contribution in [2.75, 3.05) is 5.32 Å². The second-order valence-corrected chi connectivity index (χ2v) is 6.20. The van der Waals surface area contributed by atoms with Crippen molar-refractivity contribution in [3.63, 3.8) is 0 Å². The summed E-state index contributed by atoms with van der Waals surface area (Å²) in [6.07, 6.45) is 0.903. The highest BCUT2D eigenvalue weighted by atomic mass is 79.9. The summed E-state index contributed by atoms with van der Waals surface area (Å²) in [5.41, 5.74) is 1.07. The van der Waals surface area contributed by atoms with Crippen LogP contribution in [-0.2, 0) is 11.2 Å². The van der Waals surface area contributed by atoms with Crippen LogP contribution in [0.2, 0.25) is 0 Å². The molecule has 1 aromatic rings. The van der Waals surface area contributed by atoms with Gasteiger partial charge in [0.25, 0.3) is 0 Å². The molecule has 0 saturated carbocycles. The van der Waals surface area contributed by atoms with Gasteiger partial charge in [-0.25, -0.2) is 4.98 Å². The first-order valence-electron chi connectivity index (χ1n) is 5.37. The largest absolute Gasteiger partial charge is 0.301 e. The molecule has 0 aliphatic heterocycles.